The van der Waals surface area contributed by atoms with E-state index in [1.165, 1.54) is 12.1 Å². The number of hydrogen-bond donors (Lipinski definition) is 0. The Bertz CT molecular complexity index is 1230. The number of carbonyl (C=O) groups is 2. The third kappa shape index (κ3) is 4.40. The maximum atomic E-state index is 12.7. The molecular formula is C22H15ClN2O5S. The zero-order valence-electron chi connectivity index (χ0n) is 16.2. The van der Waals surface area contributed by atoms with Crippen LogP contribution in [0.2, 0.25) is 5.02 Å². The Balaban J connectivity index is 1.55. The Morgan fingerprint density at radius 1 is 1.13 bits per heavy atom. The van der Waals surface area contributed by atoms with Gasteiger partial charge in [0.15, 0.2) is 0 Å². The van der Waals surface area contributed by atoms with Gasteiger partial charge >= 0.3 is 0 Å². The number of benzene rings is 2. The predicted molar refractivity (Wildman–Crippen MR) is 119 cm³/mol. The van der Waals surface area contributed by atoms with Crippen LogP contribution in [-0.4, -0.2) is 21.0 Å². The van der Waals surface area contributed by atoms with Gasteiger partial charge in [-0.2, -0.15) is 0 Å². The maximum Gasteiger partial charge on any atom is 0.293 e. The molecule has 2 aromatic carbocycles. The first kappa shape index (κ1) is 20.9. The van der Waals surface area contributed by atoms with Gasteiger partial charge in [0.05, 0.1) is 16.4 Å². The van der Waals surface area contributed by atoms with Crippen LogP contribution in [0.3, 0.4) is 0 Å². The molecule has 0 bridgehead atoms. The van der Waals surface area contributed by atoms with Crippen LogP contribution in [0.4, 0.5) is 10.5 Å². The van der Waals surface area contributed by atoms with Crippen LogP contribution in [0.5, 0.6) is 0 Å². The van der Waals surface area contributed by atoms with Crippen LogP contribution >= 0.6 is 23.4 Å². The largest absolute Gasteiger partial charge is 0.457 e. The van der Waals surface area contributed by atoms with Gasteiger partial charge in [0.25, 0.3) is 16.8 Å². The van der Waals surface area contributed by atoms with Gasteiger partial charge < -0.3 is 4.42 Å². The predicted octanol–water partition coefficient (Wildman–Crippen LogP) is 6.05. The molecule has 4 rings (SSSR count). The summed E-state index contributed by atoms with van der Waals surface area (Å²) in [6, 6.07) is 15.0. The average molecular weight is 455 g/mol. The van der Waals surface area contributed by atoms with Gasteiger partial charge in [0, 0.05) is 28.3 Å². The highest BCUT2D eigenvalue weighted by atomic mass is 35.5. The summed E-state index contributed by atoms with van der Waals surface area (Å²) in [7, 11) is 0. The molecule has 7 nitrogen and oxygen atoms in total. The molecule has 1 fully saturated rings. The molecule has 0 spiro atoms. The summed E-state index contributed by atoms with van der Waals surface area (Å²) < 4.78 is 5.75. The van der Waals surface area contributed by atoms with Crippen molar-refractivity contribution in [2.24, 2.45) is 0 Å². The summed E-state index contributed by atoms with van der Waals surface area (Å²) >= 11 is 6.71. The number of thioether (sulfide) groups is 1. The van der Waals surface area contributed by atoms with E-state index in [4.69, 9.17) is 16.0 Å². The SMILES string of the molecule is Cc1ccc(-c2ccc(/C=C3/SC(=O)N(Cc4ccc(Cl)cc4)C3=O)o2)cc1[N+](=O)[O-]. The number of nitrogens with zero attached hydrogens (tertiary/aromatic N) is 2. The number of halogens is 1. The first-order valence-electron chi connectivity index (χ1n) is 9.17. The number of aryl methyl sites for hydroxylation is 1. The van der Waals surface area contributed by atoms with Crippen molar-refractivity contribution in [2.75, 3.05) is 0 Å². The van der Waals surface area contributed by atoms with Crippen molar-refractivity contribution in [3.05, 3.63) is 91.5 Å². The second-order valence-corrected chi connectivity index (χ2v) is 8.28. The molecule has 3 aromatic rings. The zero-order chi connectivity index (χ0) is 22.1. The Hall–Kier alpha value is -3.36. The minimum atomic E-state index is -0.445. The van der Waals surface area contributed by atoms with Crippen molar-refractivity contribution < 1.29 is 18.9 Å². The van der Waals surface area contributed by atoms with Crippen molar-refractivity contribution in [1.29, 1.82) is 0 Å². The fraction of sp³-hybridized carbons (Fsp3) is 0.0909. The van der Waals surface area contributed by atoms with Crippen molar-refractivity contribution in [3.8, 4) is 11.3 Å². The van der Waals surface area contributed by atoms with Crippen LogP contribution in [0, 0.1) is 17.0 Å². The lowest BCUT2D eigenvalue weighted by Gasteiger charge is -2.12. The molecular weight excluding hydrogens is 440 g/mol. The highest BCUT2D eigenvalue weighted by Crippen LogP contribution is 2.35. The molecule has 156 valence electrons. The molecule has 0 saturated carbocycles. The van der Waals surface area contributed by atoms with Crippen LogP contribution in [-0.2, 0) is 11.3 Å². The molecule has 9 heteroatoms. The highest BCUT2D eigenvalue weighted by Gasteiger charge is 2.35. The number of furan rings is 1. The molecule has 0 atom stereocenters. The fourth-order valence-electron chi connectivity index (χ4n) is 3.08. The lowest BCUT2D eigenvalue weighted by Crippen LogP contribution is -2.27. The van der Waals surface area contributed by atoms with Gasteiger partial charge in [-0.05, 0) is 48.5 Å². The zero-order valence-corrected chi connectivity index (χ0v) is 17.8. The lowest BCUT2D eigenvalue weighted by atomic mass is 10.1. The van der Waals surface area contributed by atoms with E-state index in [2.05, 4.69) is 0 Å². The number of rotatable bonds is 5. The number of carbonyl (C=O) groups excluding carboxylic acids is 2. The van der Waals surface area contributed by atoms with E-state index >= 15 is 0 Å². The second-order valence-electron chi connectivity index (χ2n) is 6.85. The van der Waals surface area contributed by atoms with Crippen LogP contribution in [0.1, 0.15) is 16.9 Å². The summed E-state index contributed by atoms with van der Waals surface area (Å²) in [6.07, 6.45) is 1.50. The van der Waals surface area contributed by atoms with Gasteiger partial charge in [-0.25, -0.2) is 0 Å². The standard InChI is InChI=1S/C22H15ClN2O5S/c1-13-2-5-15(10-18(13)25(28)29)19-9-8-17(30-19)11-20-21(26)24(22(27)31-20)12-14-3-6-16(23)7-4-14/h2-11H,12H2,1H3/b20-11+. The molecule has 0 aliphatic carbocycles. The van der Waals surface area contributed by atoms with E-state index in [9.17, 15) is 19.7 Å². The Labute approximate surface area is 186 Å². The molecule has 1 aromatic heterocycles. The number of nitro groups is 1. The van der Waals surface area contributed by atoms with Crippen LogP contribution in [0.25, 0.3) is 17.4 Å². The topological polar surface area (TPSA) is 93.7 Å². The number of imide groups is 1. The molecule has 31 heavy (non-hydrogen) atoms. The van der Waals surface area contributed by atoms with Gasteiger partial charge in [0.1, 0.15) is 11.5 Å². The third-order valence-corrected chi connectivity index (χ3v) is 5.88. The summed E-state index contributed by atoms with van der Waals surface area (Å²) in [6.45, 7) is 1.81. The van der Waals surface area contributed by atoms with E-state index in [1.54, 1.807) is 55.5 Å². The molecule has 0 N–H and O–H groups in total. The van der Waals surface area contributed by atoms with Crippen LogP contribution < -0.4 is 0 Å². The van der Waals surface area contributed by atoms with Crippen molar-refractivity contribution in [2.45, 2.75) is 13.5 Å². The summed E-state index contributed by atoms with van der Waals surface area (Å²) in [5, 5.41) is 11.4. The van der Waals surface area contributed by atoms with Crippen molar-refractivity contribution >= 4 is 46.3 Å². The van der Waals surface area contributed by atoms with E-state index < -0.39 is 10.8 Å². The normalized spacial score (nSPS) is 15.2. The Morgan fingerprint density at radius 2 is 1.87 bits per heavy atom. The average Bonchev–Trinajstić information content (AvgIpc) is 3.30. The van der Waals surface area contributed by atoms with Gasteiger partial charge in [0.2, 0.25) is 0 Å². The Morgan fingerprint density at radius 3 is 2.58 bits per heavy atom. The van der Waals surface area contributed by atoms with Gasteiger partial charge in [-0.1, -0.05) is 35.9 Å². The molecule has 0 unspecified atom stereocenters. The van der Waals surface area contributed by atoms with Crippen LogP contribution in [0.15, 0.2) is 63.9 Å². The van der Waals surface area contributed by atoms with E-state index in [0.717, 1.165) is 22.2 Å². The molecule has 1 saturated heterocycles. The summed E-state index contributed by atoms with van der Waals surface area (Å²) in [5.74, 6) is 0.388. The van der Waals surface area contributed by atoms with Gasteiger partial charge in [-0.15, -0.1) is 0 Å². The number of amides is 2. The summed E-state index contributed by atoms with van der Waals surface area (Å²) in [4.78, 5) is 37.1. The Kier molecular flexibility index (Phi) is 5.67. The van der Waals surface area contributed by atoms with E-state index in [1.807, 2.05) is 0 Å². The minimum Gasteiger partial charge on any atom is -0.457 e. The maximum absolute atomic E-state index is 12.7. The van der Waals surface area contributed by atoms with E-state index in [-0.39, 0.29) is 22.4 Å². The first-order chi connectivity index (χ1) is 14.8. The molecule has 1 aliphatic rings. The molecule has 2 heterocycles. The molecule has 1 aliphatic heterocycles. The highest BCUT2D eigenvalue weighted by molar-refractivity contribution is 8.18. The molecule has 0 radical (unpaired) electrons. The molecule has 2 amide bonds. The van der Waals surface area contributed by atoms with Crippen molar-refractivity contribution in [3.63, 3.8) is 0 Å². The fourth-order valence-corrected chi connectivity index (χ4v) is 4.03. The number of nitro benzene ring substituents is 1. The quantitative estimate of drug-likeness (QED) is 0.264. The summed E-state index contributed by atoms with van der Waals surface area (Å²) in [5.41, 5.74) is 1.88. The van der Waals surface area contributed by atoms with Gasteiger partial charge in [-0.3, -0.25) is 24.6 Å². The minimum absolute atomic E-state index is 0.00114. The van der Waals surface area contributed by atoms with Crippen molar-refractivity contribution in [1.82, 2.24) is 4.90 Å². The first-order valence-corrected chi connectivity index (χ1v) is 10.4. The third-order valence-electron chi connectivity index (χ3n) is 4.72. The van der Waals surface area contributed by atoms with E-state index in [0.29, 0.717) is 27.7 Å². The lowest BCUT2D eigenvalue weighted by molar-refractivity contribution is -0.385. The monoisotopic (exact) mass is 454 g/mol. The second kappa shape index (κ2) is 8.41. The smallest absolute Gasteiger partial charge is 0.293 e. The number of hydrogen-bond acceptors (Lipinski definition) is 6.